The molecule has 0 spiro atoms. The van der Waals surface area contributed by atoms with Crippen LogP contribution in [0.3, 0.4) is 0 Å². The molecular weight excluding hydrogens is 252 g/mol. The highest BCUT2D eigenvalue weighted by Gasteiger charge is 2.19. The van der Waals surface area contributed by atoms with Crippen molar-refractivity contribution < 1.29 is 4.79 Å². The fraction of sp³-hybridized carbons (Fsp3) is 0.533. The molecule has 1 unspecified atom stereocenters. The number of hydrogen-bond acceptors (Lipinski definition) is 4. The number of nitrogen functional groups attached to an aromatic ring is 1. The summed E-state index contributed by atoms with van der Waals surface area (Å²) < 4.78 is 0. The molecule has 5 nitrogen and oxygen atoms in total. The molecule has 5 heteroatoms. The van der Waals surface area contributed by atoms with Crippen LogP contribution < -0.4 is 16.4 Å². The fourth-order valence-corrected chi connectivity index (χ4v) is 2.66. The Kier molecular flexibility index (Phi) is 4.84. The Hall–Kier alpha value is -1.75. The van der Waals surface area contributed by atoms with Gasteiger partial charge in [0, 0.05) is 25.2 Å². The first-order chi connectivity index (χ1) is 9.63. The van der Waals surface area contributed by atoms with Crippen molar-refractivity contribution in [1.29, 1.82) is 0 Å². The minimum atomic E-state index is -0.113. The molecule has 0 radical (unpaired) electrons. The number of hydrogen-bond donors (Lipinski definition) is 3. The average Bonchev–Trinajstić information content (AvgIpc) is 2.48. The summed E-state index contributed by atoms with van der Waals surface area (Å²) in [5, 5.41) is 6.10. The molecule has 1 atom stereocenters. The molecule has 0 aromatic heterocycles. The lowest BCUT2D eigenvalue weighted by atomic mass is 10.0. The van der Waals surface area contributed by atoms with E-state index >= 15 is 0 Å². The van der Waals surface area contributed by atoms with Crippen LogP contribution in [0.5, 0.6) is 0 Å². The van der Waals surface area contributed by atoms with Crippen molar-refractivity contribution in [3.8, 4) is 0 Å². The molecule has 1 aromatic rings. The van der Waals surface area contributed by atoms with Crippen molar-refractivity contribution >= 4 is 17.3 Å². The van der Waals surface area contributed by atoms with Crippen LogP contribution in [0.4, 0.5) is 11.4 Å². The van der Waals surface area contributed by atoms with Gasteiger partial charge in [0.2, 0.25) is 0 Å². The van der Waals surface area contributed by atoms with Crippen LogP contribution in [0, 0.1) is 0 Å². The molecule has 0 bridgehead atoms. The summed E-state index contributed by atoms with van der Waals surface area (Å²) in [6.07, 6.45) is 2.37. The third-order valence-corrected chi connectivity index (χ3v) is 3.85. The molecule has 0 saturated carbocycles. The smallest absolute Gasteiger partial charge is 0.251 e. The molecule has 20 heavy (non-hydrogen) atoms. The maximum absolute atomic E-state index is 11.6. The van der Waals surface area contributed by atoms with Crippen molar-refractivity contribution in [1.82, 2.24) is 10.2 Å². The topological polar surface area (TPSA) is 70.4 Å². The van der Waals surface area contributed by atoms with Crippen molar-refractivity contribution in [2.45, 2.75) is 25.8 Å². The molecule has 4 N–H and O–H groups in total. The second-order valence-electron chi connectivity index (χ2n) is 5.26. The van der Waals surface area contributed by atoms with Crippen molar-refractivity contribution in [3.63, 3.8) is 0 Å². The fourth-order valence-electron chi connectivity index (χ4n) is 2.66. The molecule has 1 aromatic carbocycles. The van der Waals surface area contributed by atoms with Gasteiger partial charge in [-0.3, -0.25) is 4.79 Å². The van der Waals surface area contributed by atoms with E-state index in [1.807, 2.05) is 6.07 Å². The number of nitrogens with one attached hydrogen (secondary N) is 2. The molecular formula is C15H24N4O. The van der Waals surface area contributed by atoms with Crippen LogP contribution in [0.15, 0.2) is 18.2 Å². The second-order valence-corrected chi connectivity index (χ2v) is 5.26. The first kappa shape index (κ1) is 14.7. The van der Waals surface area contributed by atoms with Crippen molar-refractivity contribution in [2.24, 2.45) is 0 Å². The summed E-state index contributed by atoms with van der Waals surface area (Å²) >= 11 is 0. The van der Waals surface area contributed by atoms with Gasteiger partial charge in [-0.15, -0.1) is 0 Å². The van der Waals surface area contributed by atoms with Gasteiger partial charge < -0.3 is 21.3 Å². The Balaban J connectivity index is 2.04. The van der Waals surface area contributed by atoms with E-state index in [0.717, 1.165) is 25.2 Å². The van der Waals surface area contributed by atoms with Gasteiger partial charge in [0.15, 0.2) is 0 Å². The number of benzene rings is 1. The molecule has 0 aliphatic carbocycles. The van der Waals surface area contributed by atoms with Crippen LogP contribution >= 0.6 is 0 Å². The zero-order chi connectivity index (χ0) is 14.5. The van der Waals surface area contributed by atoms with E-state index in [2.05, 4.69) is 22.5 Å². The zero-order valence-corrected chi connectivity index (χ0v) is 12.3. The molecule has 1 aliphatic heterocycles. The SMILES string of the molecule is CCN1CCCC(Nc2ccc(C(=O)NC)cc2N)C1. The summed E-state index contributed by atoms with van der Waals surface area (Å²) in [7, 11) is 1.62. The number of carbonyl (C=O) groups excluding carboxylic acids is 1. The highest BCUT2D eigenvalue weighted by atomic mass is 16.1. The quantitative estimate of drug-likeness (QED) is 0.729. The highest BCUT2D eigenvalue weighted by molar-refractivity contribution is 5.95. The number of likely N-dealkylation sites (tertiary alicyclic amines) is 1. The van der Waals surface area contributed by atoms with Crippen LogP contribution in [0.2, 0.25) is 0 Å². The summed E-state index contributed by atoms with van der Waals surface area (Å²) in [5.74, 6) is -0.113. The lowest BCUT2D eigenvalue weighted by Gasteiger charge is -2.33. The van der Waals surface area contributed by atoms with E-state index in [-0.39, 0.29) is 5.91 Å². The Morgan fingerprint density at radius 3 is 2.95 bits per heavy atom. The Bertz CT molecular complexity index is 475. The number of rotatable bonds is 4. The number of carbonyl (C=O) groups is 1. The van der Waals surface area contributed by atoms with E-state index in [9.17, 15) is 4.79 Å². The minimum Gasteiger partial charge on any atom is -0.397 e. The number of amides is 1. The molecule has 110 valence electrons. The van der Waals surface area contributed by atoms with Gasteiger partial charge in [-0.1, -0.05) is 6.92 Å². The summed E-state index contributed by atoms with van der Waals surface area (Å²) in [4.78, 5) is 14.0. The Morgan fingerprint density at radius 1 is 1.50 bits per heavy atom. The van der Waals surface area contributed by atoms with Crippen molar-refractivity contribution in [2.75, 3.05) is 37.7 Å². The minimum absolute atomic E-state index is 0.113. The van der Waals surface area contributed by atoms with E-state index in [4.69, 9.17) is 5.73 Å². The normalized spacial score (nSPS) is 19.6. The van der Waals surface area contributed by atoms with Crippen LogP contribution in [0.1, 0.15) is 30.1 Å². The first-order valence-electron chi connectivity index (χ1n) is 7.24. The molecule has 1 amide bonds. The van der Waals surface area contributed by atoms with Gasteiger partial charge in [0.05, 0.1) is 11.4 Å². The lowest BCUT2D eigenvalue weighted by Crippen LogP contribution is -2.41. The molecule has 1 saturated heterocycles. The number of likely N-dealkylation sites (N-methyl/N-ethyl adjacent to an activating group) is 1. The van der Waals surface area contributed by atoms with Gasteiger partial charge in [-0.2, -0.15) is 0 Å². The number of nitrogens with two attached hydrogens (primary N) is 1. The van der Waals surface area contributed by atoms with E-state index < -0.39 is 0 Å². The van der Waals surface area contributed by atoms with E-state index in [1.54, 1.807) is 19.2 Å². The van der Waals surface area contributed by atoms with E-state index in [0.29, 0.717) is 17.3 Å². The number of anilines is 2. The predicted molar refractivity (Wildman–Crippen MR) is 83.0 cm³/mol. The zero-order valence-electron chi connectivity index (χ0n) is 12.3. The van der Waals surface area contributed by atoms with Gasteiger partial charge in [0.25, 0.3) is 5.91 Å². The Morgan fingerprint density at radius 2 is 2.30 bits per heavy atom. The molecule has 1 fully saturated rings. The third kappa shape index (κ3) is 3.42. The summed E-state index contributed by atoms with van der Waals surface area (Å²) in [6, 6.07) is 5.85. The largest absolute Gasteiger partial charge is 0.397 e. The summed E-state index contributed by atoms with van der Waals surface area (Å²) in [5.41, 5.74) is 8.18. The first-order valence-corrected chi connectivity index (χ1v) is 7.24. The maximum atomic E-state index is 11.6. The lowest BCUT2D eigenvalue weighted by molar-refractivity contribution is 0.0963. The third-order valence-electron chi connectivity index (χ3n) is 3.85. The summed E-state index contributed by atoms with van der Waals surface area (Å²) in [6.45, 7) is 5.51. The van der Waals surface area contributed by atoms with Crippen molar-refractivity contribution in [3.05, 3.63) is 23.8 Å². The molecule has 2 rings (SSSR count). The monoisotopic (exact) mass is 276 g/mol. The number of nitrogens with zero attached hydrogens (tertiary/aromatic N) is 1. The van der Waals surface area contributed by atoms with Crippen LogP contribution in [0.25, 0.3) is 0 Å². The molecule has 1 heterocycles. The van der Waals surface area contributed by atoms with Gasteiger partial charge in [-0.05, 0) is 44.1 Å². The van der Waals surface area contributed by atoms with Gasteiger partial charge in [0.1, 0.15) is 0 Å². The van der Waals surface area contributed by atoms with Gasteiger partial charge in [-0.25, -0.2) is 0 Å². The average molecular weight is 276 g/mol. The van der Waals surface area contributed by atoms with Gasteiger partial charge >= 0.3 is 0 Å². The van der Waals surface area contributed by atoms with Crippen LogP contribution in [-0.2, 0) is 0 Å². The standard InChI is InChI=1S/C15H24N4O/c1-3-19-8-4-5-12(10-19)18-14-7-6-11(9-13(14)16)15(20)17-2/h6-7,9,12,18H,3-5,8,10,16H2,1-2H3,(H,17,20). The number of piperidine rings is 1. The molecule has 1 aliphatic rings. The second kappa shape index (κ2) is 6.61. The highest BCUT2D eigenvalue weighted by Crippen LogP contribution is 2.23. The van der Waals surface area contributed by atoms with E-state index in [1.165, 1.54) is 13.0 Å². The maximum Gasteiger partial charge on any atom is 0.251 e. The predicted octanol–water partition coefficient (Wildman–Crippen LogP) is 1.52. The van der Waals surface area contributed by atoms with Crippen LogP contribution in [-0.4, -0.2) is 43.5 Å². The Labute approximate surface area is 120 Å².